The molecule has 1 amide bonds. The Balaban J connectivity index is 1.77. The van der Waals surface area contributed by atoms with Crippen molar-refractivity contribution < 1.29 is 13.7 Å². The predicted octanol–water partition coefficient (Wildman–Crippen LogP) is 2.53. The molecule has 2 heterocycles. The molecule has 2 aromatic heterocycles. The van der Waals surface area contributed by atoms with Crippen LogP contribution in [0.2, 0.25) is 0 Å². The molecule has 1 aromatic carbocycles. The van der Waals surface area contributed by atoms with Crippen molar-refractivity contribution in [3.05, 3.63) is 65.9 Å². The van der Waals surface area contributed by atoms with Crippen molar-refractivity contribution in [3.8, 4) is 11.5 Å². The molecule has 0 radical (unpaired) electrons. The Kier molecular flexibility index (Phi) is 5.56. The van der Waals surface area contributed by atoms with Crippen LogP contribution >= 0.6 is 0 Å². The molecule has 8 heteroatoms. The minimum atomic E-state index is -0.755. The van der Waals surface area contributed by atoms with Gasteiger partial charge in [-0.2, -0.15) is 4.98 Å². The molecule has 140 valence electrons. The van der Waals surface area contributed by atoms with Crippen LogP contribution in [0.3, 0.4) is 0 Å². The number of pyridine rings is 1. The van der Waals surface area contributed by atoms with Crippen molar-refractivity contribution in [2.75, 3.05) is 21.1 Å². The van der Waals surface area contributed by atoms with Crippen molar-refractivity contribution >= 4 is 5.91 Å². The van der Waals surface area contributed by atoms with Crippen molar-refractivity contribution in [3.63, 3.8) is 0 Å². The maximum absolute atomic E-state index is 14.2. The Labute approximate surface area is 156 Å². The third kappa shape index (κ3) is 4.17. The van der Waals surface area contributed by atoms with Crippen LogP contribution in [-0.4, -0.2) is 52.0 Å². The molecule has 0 aliphatic heterocycles. The molecule has 0 fully saturated rings. The largest absolute Gasteiger partial charge is 0.337 e. The number of rotatable bonds is 6. The number of benzene rings is 1. The van der Waals surface area contributed by atoms with E-state index in [1.165, 1.54) is 11.0 Å². The van der Waals surface area contributed by atoms with Crippen LogP contribution in [-0.2, 0) is 11.3 Å². The van der Waals surface area contributed by atoms with E-state index in [0.29, 0.717) is 17.1 Å². The molecule has 7 nitrogen and oxygen atoms in total. The molecule has 3 aromatic rings. The summed E-state index contributed by atoms with van der Waals surface area (Å²) in [7, 11) is 5.08. The Morgan fingerprint density at radius 1 is 1.15 bits per heavy atom. The van der Waals surface area contributed by atoms with Crippen LogP contribution in [0.25, 0.3) is 11.5 Å². The van der Waals surface area contributed by atoms with Crippen molar-refractivity contribution in [2.24, 2.45) is 0 Å². The zero-order valence-electron chi connectivity index (χ0n) is 15.3. The minimum Gasteiger partial charge on any atom is -0.337 e. The van der Waals surface area contributed by atoms with Gasteiger partial charge in [-0.15, -0.1) is 0 Å². The highest BCUT2D eigenvalue weighted by Gasteiger charge is 2.29. The van der Waals surface area contributed by atoms with Crippen LogP contribution in [0.5, 0.6) is 0 Å². The molecule has 0 unspecified atom stereocenters. The maximum Gasteiger partial charge on any atom is 0.246 e. The van der Waals surface area contributed by atoms with Gasteiger partial charge in [0, 0.05) is 18.8 Å². The number of halogens is 1. The highest BCUT2D eigenvalue weighted by atomic mass is 19.1. The average Bonchev–Trinajstić information content (AvgIpc) is 3.12. The third-order valence-corrected chi connectivity index (χ3v) is 4.06. The molecular weight excluding hydrogens is 349 g/mol. The van der Waals surface area contributed by atoms with Crippen LogP contribution in [0.4, 0.5) is 4.39 Å². The topological polar surface area (TPSA) is 75.4 Å². The molecule has 0 aliphatic rings. The second-order valence-corrected chi connectivity index (χ2v) is 6.31. The number of aromatic nitrogens is 3. The minimum absolute atomic E-state index is 0.109. The van der Waals surface area contributed by atoms with Crippen LogP contribution in [0, 0.1) is 5.82 Å². The number of hydrogen-bond acceptors (Lipinski definition) is 6. The zero-order valence-corrected chi connectivity index (χ0v) is 15.3. The molecule has 0 saturated carbocycles. The van der Waals surface area contributed by atoms with E-state index in [0.717, 1.165) is 0 Å². The molecule has 0 bridgehead atoms. The maximum atomic E-state index is 14.2. The van der Waals surface area contributed by atoms with E-state index in [-0.39, 0.29) is 18.3 Å². The first-order chi connectivity index (χ1) is 13.0. The Hall–Kier alpha value is -3.13. The van der Waals surface area contributed by atoms with Gasteiger partial charge in [-0.1, -0.05) is 29.4 Å². The van der Waals surface area contributed by atoms with Gasteiger partial charge in [-0.25, -0.2) is 4.39 Å². The second-order valence-electron chi connectivity index (χ2n) is 6.31. The summed E-state index contributed by atoms with van der Waals surface area (Å²) < 4.78 is 19.4. The third-order valence-electron chi connectivity index (χ3n) is 4.06. The SMILES string of the molecule is CN(Cc1nc(-c2ccccn2)no1)C(=O)[C@@H](c1ccccc1F)N(C)C. The monoisotopic (exact) mass is 369 g/mol. The summed E-state index contributed by atoms with van der Waals surface area (Å²) in [5.41, 5.74) is 0.901. The first-order valence-electron chi connectivity index (χ1n) is 8.37. The summed E-state index contributed by atoms with van der Waals surface area (Å²) in [6.07, 6.45) is 1.64. The van der Waals surface area contributed by atoms with E-state index in [4.69, 9.17) is 4.52 Å². The molecule has 0 aliphatic carbocycles. The summed E-state index contributed by atoms with van der Waals surface area (Å²) in [6, 6.07) is 10.9. The van der Waals surface area contributed by atoms with Gasteiger partial charge < -0.3 is 9.42 Å². The molecule has 0 N–H and O–H groups in total. The van der Waals surface area contributed by atoms with Gasteiger partial charge in [0.2, 0.25) is 17.6 Å². The lowest BCUT2D eigenvalue weighted by Crippen LogP contribution is -2.38. The zero-order chi connectivity index (χ0) is 19.4. The molecule has 0 saturated heterocycles. The van der Waals surface area contributed by atoms with E-state index >= 15 is 0 Å². The van der Waals surface area contributed by atoms with Gasteiger partial charge in [-0.05, 0) is 32.3 Å². The normalized spacial score (nSPS) is 12.2. The lowest BCUT2D eigenvalue weighted by molar-refractivity contribution is -0.136. The summed E-state index contributed by atoms with van der Waals surface area (Å²) >= 11 is 0. The quantitative estimate of drug-likeness (QED) is 0.665. The summed E-state index contributed by atoms with van der Waals surface area (Å²) in [5.74, 6) is -0.0712. The highest BCUT2D eigenvalue weighted by molar-refractivity contribution is 5.83. The number of carbonyl (C=O) groups is 1. The smallest absolute Gasteiger partial charge is 0.246 e. The van der Waals surface area contributed by atoms with Crippen LogP contribution < -0.4 is 0 Å². The second kappa shape index (κ2) is 8.05. The standard InChI is InChI=1S/C19H20FN5O2/c1-24(2)17(13-8-4-5-9-14(13)20)19(26)25(3)12-16-22-18(23-27-16)15-10-6-7-11-21-15/h4-11,17H,12H2,1-3H3/t17-/m1/s1. The van der Waals surface area contributed by atoms with Crippen LogP contribution in [0.15, 0.2) is 53.2 Å². The fourth-order valence-corrected chi connectivity index (χ4v) is 2.74. The Morgan fingerprint density at radius 3 is 2.56 bits per heavy atom. The van der Waals surface area contributed by atoms with Gasteiger partial charge >= 0.3 is 0 Å². The lowest BCUT2D eigenvalue weighted by atomic mass is 10.0. The van der Waals surface area contributed by atoms with E-state index in [2.05, 4.69) is 15.1 Å². The number of carbonyl (C=O) groups excluding carboxylic acids is 1. The van der Waals surface area contributed by atoms with Gasteiger partial charge in [0.15, 0.2) is 0 Å². The molecule has 3 rings (SSSR count). The van der Waals surface area contributed by atoms with Gasteiger partial charge in [0.25, 0.3) is 0 Å². The summed E-state index contributed by atoms with van der Waals surface area (Å²) in [5, 5.41) is 3.89. The Bertz CT molecular complexity index is 913. The lowest BCUT2D eigenvalue weighted by Gasteiger charge is -2.28. The molecule has 27 heavy (non-hydrogen) atoms. The van der Waals surface area contributed by atoms with Gasteiger partial charge in [0.05, 0.1) is 6.54 Å². The van der Waals surface area contributed by atoms with Crippen molar-refractivity contribution in [1.29, 1.82) is 0 Å². The van der Waals surface area contributed by atoms with Crippen molar-refractivity contribution in [2.45, 2.75) is 12.6 Å². The fourth-order valence-electron chi connectivity index (χ4n) is 2.74. The summed E-state index contributed by atoms with van der Waals surface area (Å²) in [4.78, 5) is 24.5. The van der Waals surface area contributed by atoms with E-state index < -0.39 is 11.9 Å². The molecular formula is C19H20FN5O2. The first-order valence-corrected chi connectivity index (χ1v) is 8.37. The van der Waals surface area contributed by atoms with Crippen LogP contribution in [0.1, 0.15) is 17.5 Å². The number of hydrogen-bond donors (Lipinski definition) is 0. The number of likely N-dealkylation sites (N-methyl/N-ethyl adjacent to an activating group) is 2. The van der Waals surface area contributed by atoms with E-state index in [1.807, 2.05) is 6.07 Å². The number of nitrogens with zero attached hydrogens (tertiary/aromatic N) is 5. The fraction of sp³-hybridized carbons (Fsp3) is 0.263. The molecule has 1 atom stereocenters. The van der Waals surface area contributed by atoms with E-state index in [1.54, 1.807) is 62.6 Å². The van der Waals surface area contributed by atoms with E-state index in [9.17, 15) is 9.18 Å². The molecule has 0 spiro atoms. The average molecular weight is 369 g/mol. The first kappa shape index (κ1) is 18.7. The van der Waals surface area contributed by atoms with Gasteiger partial charge in [-0.3, -0.25) is 14.7 Å². The predicted molar refractivity (Wildman–Crippen MR) is 96.8 cm³/mol. The van der Waals surface area contributed by atoms with Crippen molar-refractivity contribution in [1.82, 2.24) is 24.9 Å². The highest BCUT2D eigenvalue weighted by Crippen LogP contribution is 2.24. The number of amides is 1. The summed E-state index contributed by atoms with van der Waals surface area (Å²) in [6.45, 7) is 0.109. The Morgan fingerprint density at radius 2 is 1.89 bits per heavy atom. The van der Waals surface area contributed by atoms with Gasteiger partial charge in [0.1, 0.15) is 17.6 Å².